The smallest absolute Gasteiger partial charge is 0.308 e. The van der Waals surface area contributed by atoms with Crippen LogP contribution in [0.4, 0.5) is 5.82 Å². The van der Waals surface area contributed by atoms with Crippen LogP contribution in [0.15, 0.2) is 18.3 Å². The van der Waals surface area contributed by atoms with Crippen molar-refractivity contribution in [3.8, 4) is 0 Å². The number of aliphatic carboxylic acids is 1. The van der Waals surface area contributed by atoms with Crippen LogP contribution in [0, 0.1) is 5.92 Å². The number of hydrogen-bond acceptors (Lipinski definition) is 4. The molecule has 0 saturated heterocycles. The second-order valence-corrected chi connectivity index (χ2v) is 4.84. The molecule has 1 unspecified atom stereocenters. The summed E-state index contributed by atoms with van der Waals surface area (Å²) in [6.45, 7) is 2.28. The molecule has 0 saturated carbocycles. The first kappa shape index (κ1) is 15.9. The molecule has 6 heteroatoms. The molecule has 0 aliphatic heterocycles. The Morgan fingerprint density at radius 2 is 2.10 bits per heavy atom. The molecule has 0 aromatic carbocycles. The van der Waals surface area contributed by atoms with Gasteiger partial charge in [-0.05, 0) is 18.6 Å². The van der Waals surface area contributed by atoms with E-state index in [1.165, 1.54) is 11.1 Å². The Labute approximate surface area is 118 Å². The molecular formula is C14H21N3O3. The minimum atomic E-state index is -0.807. The average Bonchev–Trinajstić information content (AvgIpc) is 2.42. The highest BCUT2D eigenvalue weighted by molar-refractivity contribution is 5.93. The van der Waals surface area contributed by atoms with Gasteiger partial charge in [0.1, 0.15) is 5.82 Å². The first-order chi connectivity index (χ1) is 9.45. The molecule has 0 radical (unpaired) electrons. The fourth-order valence-electron chi connectivity index (χ4n) is 1.77. The molecule has 20 heavy (non-hydrogen) atoms. The van der Waals surface area contributed by atoms with E-state index in [-0.39, 0.29) is 5.91 Å². The third-order valence-corrected chi connectivity index (χ3v) is 2.93. The highest BCUT2D eigenvalue weighted by atomic mass is 16.4. The molecular weight excluding hydrogens is 258 g/mol. The van der Waals surface area contributed by atoms with Crippen LogP contribution < -0.4 is 5.32 Å². The first-order valence-corrected chi connectivity index (χ1v) is 6.60. The topological polar surface area (TPSA) is 82.5 Å². The van der Waals surface area contributed by atoms with Gasteiger partial charge in [0.25, 0.3) is 5.91 Å². The molecule has 1 aromatic heterocycles. The van der Waals surface area contributed by atoms with Crippen LogP contribution in [-0.4, -0.2) is 47.5 Å². The van der Waals surface area contributed by atoms with Crippen LogP contribution in [0.2, 0.25) is 0 Å². The molecule has 0 spiro atoms. The van der Waals surface area contributed by atoms with E-state index in [4.69, 9.17) is 5.11 Å². The molecule has 2 N–H and O–H groups in total. The zero-order valence-electron chi connectivity index (χ0n) is 12.1. The summed E-state index contributed by atoms with van der Waals surface area (Å²) in [5.41, 5.74) is 0.504. The molecule has 110 valence electrons. The maximum Gasteiger partial charge on any atom is 0.308 e. The van der Waals surface area contributed by atoms with E-state index >= 15 is 0 Å². The van der Waals surface area contributed by atoms with Gasteiger partial charge in [0.15, 0.2) is 0 Å². The lowest BCUT2D eigenvalue weighted by molar-refractivity contribution is -0.141. The number of nitrogens with one attached hydrogen (secondary N) is 1. The van der Waals surface area contributed by atoms with Crippen molar-refractivity contribution in [2.24, 2.45) is 5.92 Å². The van der Waals surface area contributed by atoms with E-state index < -0.39 is 11.9 Å². The summed E-state index contributed by atoms with van der Waals surface area (Å²) in [5, 5.41) is 12.0. The standard InChI is InChI=1S/C14H21N3O3/c1-4-5-11(14(19)20)9-16-12-7-6-10(8-15-12)13(18)17(2)3/h6-8,11H,4-5,9H2,1-3H3,(H,15,16)(H,19,20). The van der Waals surface area contributed by atoms with Gasteiger partial charge < -0.3 is 15.3 Å². The summed E-state index contributed by atoms with van der Waals surface area (Å²) >= 11 is 0. The van der Waals surface area contributed by atoms with Crippen LogP contribution >= 0.6 is 0 Å². The first-order valence-electron chi connectivity index (χ1n) is 6.60. The Bertz CT molecular complexity index is 457. The third kappa shape index (κ3) is 4.53. The predicted octanol–water partition coefficient (Wildman–Crippen LogP) is 1.70. The SMILES string of the molecule is CCCC(CNc1ccc(C(=O)N(C)C)cn1)C(=O)O. The normalized spacial score (nSPS) is 11.8. The van der Waals surface area contributed by atoms with Gasteiger partial charge in [-0.25, -0.2) is 4.98 Å². The molecule has 0 fully saturated rings. The summed E-state index contributed by atoms with van der Waals surface area (Å²) in [6, 6.07) is 3.36. The number of carbonyl (C=O) groups is 2. The second-order valence-electron chi connectivity index (χ2n) is 4.84. The van der Waals surface area contributed by atoms with Gasteiger partial charge in [0.2, 0.25) is 0 Å². The summed E-state index contributed by atoms with van der Waals surface area (Å²) in [6.07, 6.45) is 2.93. The molecule has 1 rings (SSSR count). The van der Waals surface area contributed by atoms with Crippen molar-refractivity contribution < 1.29 is 14.7 Å². The second kappa shape index (κ2) is 7.47. The van der Waals surface area contributed by atoms with Crippen molar-refractivity contribution in [2.75, 3.05) is 26.0 Å². The fourth-order valence-corrected chi connectivity index (χ4v) is 1.77. The monoisotopic (exact) mass is 279 g/mol. The minimum absolute atomic E-state index is 0.113. The van der Waals surface area contributed by atoms with Crippen molar-refractivity contribution in [1.29, 1.82) is 0 Å². The minimum Gasteiger partial charge on any atom is -0.481 e. The van der Waals surface area contributed by atoms with Crippen LogP contribution in [0.1, 0.15) is 30.1 Å². The molecule has 0 aliphatic rings. The number of anilines is 1. The molecule has 6 nitrogen and oxygen atoms in total. The number of carboxylic acids is 1. The number of aromatic nitrogens is 1. The Morgan fingerprint density at radius 3 is 2.55 bits per heavy atom. The highest BCUT2D eigenvalue weighted by Crippen LogP contribution is 2.10. The summed E-state index contributed by atoms with van der Waals surface area (Å²) < 4.78 is 0. The maximum atomic E-state index is 11.7. The summed E-state index contributed by atoms with van der Waals surface area (Å²) in [4.78, 5) is 28.3. The van der Waals surface area contributed by atoms with Crippen molar-refractivity contribution in [3.63, 3.8) is 0 Å². The third-order valence-electron chi connectivity index (χ3n) is 2.93. The van der Waals surface area contributed by atoms with E-state index in [2.05, 4.69) is 10.3 Å². The largest absolute Gasteiger partial charge is 0.481 e. The van der Waals surface area contributed by atoms with Crippen molar-refractivity contribution in [2.45, 2.75) is 19.8 Å². The molecule has 0 bridgehead atoms. The number of carbonyl (C=O) groups excluding carboxylic acids is 1. The van der Waals surface area contributed by atoms with E-state index in [9.17, 15) is 9.59 Å². The van der Waals surface area contributed by atoms with Gasteiger partial charge in [-0.1, -0.05) is 13.3 Å². The van der Waals surface area contributed by atoms with Crippen molar-refractivity contribution in [1.82, 2.24) is 9.88 Å². The number of rotatable bonds is 7. The van der Waals surface area contributed by atoms with Crippen LogP contribution in [0.5, 0.6) is 0 Å². The van der Waals surface area contributed by atoms with E-state index in [1.54, 1.807) is 26.2 Å². The Hall–Kier alpha value is -2.11. The van der Waals surface area contributed by atoms with E-state index in [1.807, 2.05) is 6.92 Å². The zero-order valence-corrected chi connectivity index (χ0v) is 12.1. The molecule has 1 atom stereocenters. The number of carboxylic acid groups (broad SMARTS) is 1. The Balaban J connectivity index is 2.61. The quantitative estimate of drug-likeness (QED) is 0.793. The van der Waals surface area contributed by atoms with Gasteiger partial charge in [0.05, 0.1) is 11.5 Å². The summed E-state index contributed by atoms with van der Waals surface area (Å²) in [7, 11) is 3.35. The van der Waals surface area contributed by atoms with Crippen molar-refractivity contribution in [3.05, 3.63) is 23.9 Å². The maximum absolute atomic E-state index is 11.7. The van der Waals surface area contributed by atoms with Crippen LogP contribution in [-0.2, 0) is 4.79 Å². The van der Waals surface area contributed by atoms with Gasteiger partial charge in [0, 0.05) is 26.8 Å². The zero-order chi connectivity index (χ0) is 15.1. The number of pyridine rings is 1. The highest BCUT2D eigenvalue weighted by Gasteiger charge is 2.16. The molecule has 0 aliphatic carbocycles. The fraction of sp³-hybridized carbons (Fsp3) is 0.500. The van der Waals surface area contributed by atoms with Gasteiger partial charge in [-0.3, -0.25) is 9.59 Å². The predicted molar refractivity (Wildman–Crippen MR) is 76.8 cm³/mol. The average molecular weight is 279 g/mol. The van der Waals surface area contributed by atoms with Gasteiger partial charge >= 0.3 is 5.97 Å². The lowest BCUT2D eigenvalue weighted by Gasteiger charge is -2.13. The number of amides is 1. The van der Waals surface area contributed by atoms with E-state index in [0.29, 0.717) is 24.3 Å². The Kier molecular flexibility index (Phi) is 5.96. The van der Waals surface area contributed by atoms with Crippen molar-refractivity contribution >= 4 is 17.7 Å². The van der Waals surface area contributed by atoms with Gasteiger partial charge in [-0.2, -0.15) is 0 Å². The lowest BCUT2D eigenvalue weighted by Crippen LogP contribution is -2.23. The summed E-state index contributed by atoms with van der Waals surface area (Å²) in [5.74, 6) is -0.773. The lowest BCUT2D eigenvalue weighted by atomic mass is 10.0. The van der Waals surface area contributed by atoms with E-state index in [0.717, 1.165) is 6.42 Å². The molecule has 1 heterocycles. The van der Waals surface area contributed by atoms with Crippen LogP contribution in [0.25, 0.3) is 0 Å². The molecule has 1 aromatic rings. The number of hydrogen-bond donors (Lipinski definition) is 2. The van der Waals surface area contributed by atoms with Gasteiger partial charge in [-0.15, -0.1) is 0 Å². The Morgan fingerprint density at radius 1 is 1.40 bits per heavy atom. The molecule has 1 amide bonds. The number of nitrogens with zero attached hydrogens (tertiary/aromatic N) is 2. The van der Waals surface area contributed by atoms with Crippen LogP contribution in [0.3, 0.4) is 0 Å².